The number of ether oxygens (including phenoxy) is 1. The Bertz CT molecular complexity index is 711. The highest BCUT2D eigenvalue weighted by Gasteiger charge is 2.59. The Morgan fingerprint density at radius 3 is 2.32 bits per heavy atom. The number of alkyl halides is 2. The molecule has 1 aromatic rings. The van der Waals surface area contributed by atoms with Crippen LogP contribution in [-0.4, -0.2) is 59.6 Å². The zero-order chi connectivity index (χ0) is 20.4. The Morgan fingerprint density at radius 1 is 1.18 bits per heavy atom. The van der Waals surface area contributed by atoms with E-state index in [1.165, 1.54) is 24.3 Å². The molecule has 1 aliphatic carbocycles. The van der Waals surface area contributed by atoms with Gasteiger partial charge in [-0.25, -0.2) is 0 Å². The maximum Gasteiger partial charge on any atom is 0.352 e. The Balaban J connectivity index is 1.64. The van der Waals surface area contributed by atoms with Gasteiger partial charge >= 0.3 is 5.92 Å². The average molecular weight is 396 g/mol. The second-order valence-electron chi connectivity index (χ2n) is 7.60. The van der Waals surface area contributed by atoms with Crippen molar-refractivity contribution < 1.29 is 28.2 Å². The fourth-order valence-corrected chi connectivity index (χ4v) is 3.83. The quantitative estimate of drug-likeness (QED) is 0.802. The van der Waals surface area contributed by atoms with Crippen molar-refractivity contribution in [3.8, 4) is 0 Å². The molecule has 2 amide bonds. The number of nitrogens with one attached hydrogen (secondary N) is 1. The molecular weight excluding hydrogens is 370 g/mol. The van der Waals surface area contributed by atoms with E-state index in [0.29, 0.717) is 31.6 Å². The molecule has 154 valence electrons. The van der Waals surface area contributed by atoms with E-state index in [9.17, 15) is 23.5 Å². The van der Waals surface area contributed by atoms with Gasteiger partial charge < -0.3 is 20.1 Å². The maximum absolute atomic E-state index is 14.4. The number of carbonyl (C=O) groups is 2. The number of anilines is 1. The van der Waals surface area contributed by atoms with E-state index in [-0.39, 0.29) is 30.5 Å². The van der Waals surface area contributed by atoms with E-state index in [1.54, 1.807) is 11.9 Å². The van der Waals surface area contributed by atoms with Gasteiger partial charge in [-0.3, -0.25) is 9.59 Å². The summed E-state index contributed by atoms with van der Waals surface area (Å²) in [5, 5.41) is 12.3. The van der Waals surface area contributed by atoms with Gasteiger partial charge in [-0.2, -0.15) is 8.78 Å². The molecule has 3 rings (SSSR count). The molecular formula is C20H26F2N2O4. The fourth-order valence-electron chi connectivity index (χ4n) is 3.83. The summed E-state index contributed by atoms with van der Waals surface area (Å²) in [6.45, 7) is 1.24. The first-order chi connectivity index (χ1) is 13.2. The predicted molar refractivity (Wildman–Crippen MR) is 99.4 cm³/mol. The molecule has 28 heavy (non-hydrogen) atoms. The molecule has 0 aromatic heterocycles. The summed E-state index contributed by atoms with van der Waals surface area (Å²) in [5.74, 6) is -5.58. The van der Waals surface area contributed by atoms with Crippen molar-refractivity contribution in [2.45, 2.75) is 56.1 Å². The summed E-state index contributed by atoms with van der Waals surface area (Å²) < 4.78 is 34.1. The number of hydrogen-bond donors (Lipinski definition) is 2. The minimum absolute atomic E-state index is 0.0978. The summed E-state index contributed by atoms with van der Waals surface area (Å²) in [6, 6.07) is 5.92. The van der Waals surface area contributed by atoms with Crippen molar-refractivity contribution >= 4 is 17.5 Å². The zero-order valence-corrected chi connectivity index (χ0v) is 15.9. The first kappa shape index (κ1) is 20.7. The molecule has 6 nitrogen and oxygen atoms in total. The molecule has 0 spiro atoms. The summed E-state index contributed by atoms with van der Waals surface area (Å²) in [5.41, 5.74) is -1.73. The van der Waals surface area contributed by atoms with E-state index < -0.39 is 17.4 Å². The molecule has 0 unspecified atom stereocenters. The van der Waals surface area contributed by atoms with Crippen LogP contribution in [0.2, 0.25) is 0 Å². The summed E-state index contributed by atoms with van der Waals surface area (Å²) in [4.78, 5) is 26.3. The van der Waals surface area contributed by atoms with Gasteiger partial charge in [-0.15, -0.1) is 0 Å². The van der Waals surface area contributed by atoms with Crippen LogP contribution >= 0.6 is 0 Å². The molecule has 1 saturated heterocycles. The van der Waals surface area contributed by atoms with Gasteiger partial charge in [-0.05, 0) is 49.9 Å². The molecule has 1 heterocycles. The van der Waals surface area contributed by atoms with Gasteiger partial charge in [0.15, 0.2) is 0 Å². The minimum Gasteiger partial charge on any atom is -0.383 e. The monoisotopic (exact) mass is 396 g/mol. The van der Waals surface area contributed by atoms with Crippen molar-refractivity contribution in [2.75, 3.05) is 25.6 Å². The lowest BCUT2D eigenvalue weighted by atomic mass is 9.93. The molecule has 0 atom stereocenters. The number of rotatable bonds is 5. The molecule has 0 radical (unpaired) electrons. The summed E-state index contributed by atoms with van der Waals surface area (Å²) in [7, 11) is 1.73. The Labute approximate surface area is 162 Å². The zero-order valence-electron chi connectivity index (χ0n) is 15.9. The Morgan fingerprint density at radius 2 is 1.75 bits per heavy atom. The van der Waals surface area contributed by atoms with Crippen LogP contribution < -0.4 is 5.32 Å². The standard InChI is InChI=1S/C20H26F2N2O4/c1-24(16-8-12-28-13-9-16)17(25)14-4-6-15(7-5-14)23-18(26)20(21,22)19(27)10-2-3-11-19/h4-7,16,27H,2-3,8-13H2,1H3,(H,23,26). The molecule has 2 fully saturated rings. The number of amides is 2. The van der Waals surface area contributed by atoms with Crippen molar-refractivity contribution in [2.24, 2.45) is 0 Å². The topological polar surface area (TPSA) is 78.9 Å². The molecule has 1 saturated carbocycles. The van der Waals surface area contributed by atoms with Crippen LogP contribution in [0, 0.1) is 0 Å². The molecule has 0 bridgehead atoms. The molecule has 1 aliphatic heterocycles. The smallest absolute Gasteiger partial charge is 0.352 e. The maximum atomic E-state index is 14.4. The SMILES string of the molecule is CN(C(=O)c1ccc(NC(=O)C(F)(F)C2(O)CCCC2)cc1)C1CCOCC1. The Hall–Kier alpha value is -2.06. The highest BCUT2D eigenvalue weighted by atomic mass is 19.3. The summed E-state index contributed by atoms with van der Waals surface area (Å²) >= 11 is 0. The lowest BCUT2D eigenvalue weighted by molar-refractivity contribution is -0.185. The number of carbonyl (C=O) groups excluding carboxylic acids is 2. The van der Waals surface area contributed by atoms with Crippen LogP contribution in [-0.2, 0) is 9.53 Å². The normalized spacial score (nSPS) is 20.0. The third-order valence-corrected chi connectivity index (χ3v) is 5.75. The number of hydrogen-bond acceptors (Lipinski definition) is 4. The first-order valence-electron chi connectivity index (χ1n) is 9.61. The van der Waals surface area contributed by atoms with E-state index in [4.69, 9.17) is 4.74 Å². The van der Waals surface area contributed by atoms with Gasteiger partial charge in [0.05, 0.1) is 0 Å². The van der Waals surface area contributed by atoms with E-state index in [1.807, 2.05) is 0 Å². The predicted octanol–water partition coefficient (Wildman–Crippen LogP) is 2.82. The number of nitrogens with zero attached hydrogens (tertiary/aromatic N) is 1. The number of aliphatic hydroxyl groups is 1. The van der Waals surface area contributed by atoms with Gasteiger partial charge in [0.2, 0.25) is 0 Å². The van der Waals surface area contributed by atoms with E-state index in [0.717, 1.165) is 12.8 Å². The number of halogens is 2. The van der Waals surface area contributed by atoms with Crippen LogP contribution in [0.25, 0.3) is 0 Å². The second kappa shape index (κ2) is 8.13. The van der Waals surface area contributed by atoms with Crippen LogP contribution in [0.4, 0.5) is 14.5 Å². The van der Waals surface area contributed by atoms with Crippen molar-refractivity contribution in [3.63, 3.8) is 0 Å². The largest absolute Gasteiger partial charge is 0.383 e. The molecule has 8 heteroatoms. The first-order valence-corrected chi connectivity index (χ1v) is 9.61. The van der Waals surface area contributed by atoms with Crippen molar-refractivity contribution in [1.82, 2.24) is 4.90 Å². The molecule has 2 aliphatic rings. The highest BCUT2D eigenvalue weighted by Crippen LogP contribution is 2.42. The summed E-state index contributed by atoms with van der Waals surface area (Å²) in [6.07, 6.45) is 2.29. The fraction of sp³-hybridized carbons (Fsp3) is 0.600. The van der Waals surface area contributed by atoms with Crippen molar-refractivity contribution in [3.05, 3.63) is 29.8 Å². The second-order valence-corrected chi connectivity index (χ2v) is 7.60. The van der Waals surface area contributed by atoms with Crippen LogP contribution in [0.5, 0.6) is 0 Å². The minimum atomic E-state index is -3.87. The van der Waals surface area contributed by atoms with Gasteiger partial charge in [-0.1, -0.05) is 12.8 Å². The van der Waals surface area contributed by atoms with Crippen LogP contribution in [0.15, 0.2) is 24.3 Å². The number of benzene rings is 1. The van der Waals surface area contributed by atoms with Gasteiger partial charge in [0.1, 0.15) is 5.60 Å². The van der Waals surface area contributed by atoms with Crippen molar-refractivity contribution in [1.29, 1.82) is 0 Å². The van der Waals surface area contributed by atoms with E-state index >= 15 is 0 Å². The third kappa shape index (κ3) is 4.03. The van der Waals surface area contributed by atoms with Crippen LogP contribution in [0.1, 0.15) is 48.9 Å². The van der Waals surface area contributed by atoms with Gasteiger partial charge in [0.25, 0.3) is 11.8 Å². The Kier molecular flexibility index (Phi) is 6.00. The molecule has 2 N–H and O–H groups in total. The van der Waals surface area contributed by atoms with Crippen LogP contribution in [0.3, 0.4) is 0 Å². The van der Waals surface area contributed by atoms with E-state index in [2.05, 4.69) is 5.32 Å². The highest BCUT2D eigenvalue weighted by molar-refractivity contribution is 5.98. The molecule has 1 aromatic carbocycles. The lowest BCUT2D eigenvalue weighted by Gasteiger charge is -2.31. The average Bonchev–Trinajstić information content (AvgIpc) is 3.16. The lowest BCUT2D eigenvalue weighted by Crippen LogP contribution is -2.53. The third-order valence-electron chi connectivity index (χ3n) is 5.75. The van der Waals surface area contributed by atoms with Gasteiger partial charge in [0, 0.05) is 37.6 Å².